The van der Waals surface area contributed by atoms with Gasteiger partial charge in [0.15, 0.2) is 0 Å². The highest BCUT2D eigenvalue weighted by Crippen LogP contribution is 2.20. The summed E-state index contributed by atoms with van der Waals surface area (Å²) < 4.78 is 3.34. The molecule has 0 spiro atoms. The van der Waals surface area contributed by atoms with Crippen LogP contribution in [-0.4, -0.2) is 85.9 Å². The van der Waals surface area contributed by atoms with Crippen LogP contribution in [0, 0.1) is 5.92 Å². The van der Waals surface area contributed by atoms with Crippen LogP contribution in [0.4, 0.5) is 0 Å². The van der Waals surface area contributed by atoms with Gasteiger partial charge in [0.2, 0.25) is 0 Å². The van der Waals surface area contributed by atoms with E-state index in [0.717, 1.165) is 18.5 Å². The fraction of sp³-hybridized carbons (Fsp3) is 1.00. The molecule has 0 aliphatic carbocycles. The summed E-state index contributed by atoms with van der Waals surface area (Å²) >= 11 is 1.73. The topological polar surface area (TPSA) is 21.8 Å². The SMILES string of the molecule is CSNCCN1CCN(CC2CCN(C(C)C)CC2)CC1. The molecule has 124 valence electrons. The van der Waals surface area contributed by atoms with Gasteiger partial charge in [-0.05, 0) is 52.0 Å². The number of nitrogens with zero attached hydrogens (tertiary/aromatic N) is 3. The lowest BCUT2D eigenvalue weighted by molar-refractivity contribution is 0.0883. The van der Waals surface area contributed by atoms with Crippen molar-refractivity contribution >= 4 is 11.9 Å². The number of piperidine rings is 1. The Balaban J connectivity index is 1.59. The summed E-state index contributed by atoms with van der Waals surface area (Å²) in [5, 5.41) is 0. The molecule has 2 saturated heterocycles. The molecule has 5 heteroatoms. The highest BCUT2D eigenvalue weighted by atomic mass is 32.2. The predicted molar refractivity (Wildman–Crippen MR) is 93.8 cm³/mol. The molecule has 0 radical (unpaired) electrons. The first-order valence-electron chi connectivity index (χ1n) is 8.63. The predicted octanol–water partition coefficient (Wildman–Crippen LogP) is 1.59. The molecular weight excluding hydrogens is 280 g/mol. The molecule has 2 heterocycles. The Morgan fingerprint density at radius 1 is 1.00 bits per heavy atom. The number of rotatable bonds is 7. The minimum atomic E-state index is 0.726. The molecule has 21 heavy (non-hydrogen) atoms. The Hall–Kier alpha value is 0.190. The smallest absolute Gasteiger partial charge is 0.0186 e. The molecule has 2 aliphatic rings. The number of hydrogen-bond donors (Lipinski definition) is 1. The minimum Gasteiger partial charge on any atom is -0.301 e. The normalized spacial score (nSPS) is 24.0. The van der Waals surface area contributed by atoms with E-state index in [9.17, 15) is 0 Å². The summed E-state index contributed by atoms with van der Waals surface area (Å²) in [7, 11) is 0. The third-order valence-corrected chi connectivity index (χ3v) is 5.53. The van der Waals surface area contributed by atoms with E-state index in [1.165, 1.54) is 65.2 Å². The Labute approximate surface area is 135 Å². The molecule has 0 bridgehead atoms. The summed E-state index contributed by atoms with van der Waals surface area (Å²) in [6.45, 7) is 15.9. The van der Waals surface area contributed by atoms with Crippen LogP contribution < -0.4 is 4.72 Å². The molecular formula is C16H34N4S. The average molecular weight is 315 g/mol. The van der Waals surface area contributed by atoms with Gasteiger partial charge in [-0.1, -0.05) is 11.9 Å². The van der Waals surface area contributed by atoms with E-state index in [2.05, 4.69) is 39.5 Å². The average Bonchev–Trinajstić information content (AvgIpc) is 2.50. The number of hydrogen-bond acceptors (Lipinski definition) is 5. The Morgan fingerprint density at radius 2 is 1.62 bits per heavy atom. The van der Waals surface area contributed by atoms with Crippen molar-refractivity contribution in [3.63, 3.8) is 0 Å². The molecule has 0 atom stereocenters. The van der Waals surface area contributed by atoms with Gasteiger partial charge in [-0.15, -0.1) is 0 Å². The third kappa shape index (κ3) is 6.06. The van der Waals surface area contributed by atoms with Gasteiger partial charge in [-0.3, -0.25) is 9.62 Å². The van der Waals surface area contributed by atoms with E-state index in [0.29, 0.717) is 0 Å². The van der Waals surface area contributed by atoms with Crippen LogP contribution in [0.2, 0.25) is 0 Å². The van der Waals surface area contributed by atoms with Crippen molar-refractivity contribution < 1.29 is 0 Å². The molecule has 0 amide bonds. The van der Waals surface area contributed by atoms with Crippen LogP contribution in [-0.2, 0) is 0 Å². The summed E-state index contributed by atoms with van der Waals surface area (Å²) in [4.78, 5) is 7.93. The highest BCUT2D eigenvalue weighted by Gasteiger charge is 2.24. The van der Waals surface area contributed by atoms with Gasteiger partial charge >= 0.3 is 0 Å². The fourth-order valence-corrected chi connectivity index (χ4v) is 3.81. The fourth-order valence-electron chi connectivity index (χ4n) is 3.52. The first kappa shape index (κ1) is 17.5. The summed E-state index contributed by atoms with van der Waals surface area (Å²) in [6, 6.07) is 0.726. The van der Waals surface area contributed by atoms with Crippen molar-refractivity contribution in [2.45, 2.75) is 32.7 Å². The minimum absolute atomic E-state index is 0.726. The Kier molecular flexibility index (Phi) is 7.82. The number of likely N-dealkylation sites (tertiary alicyclic amines) is 1. The molecule has 0 saturated carbocycles. The number of nitrogens with one attached hydrogen (secondary N) is 1. The standard InChI is InChI=1S/C16H34N4S/c1-15(2)20-7-4-16(5-8-20)14-19-12-10-18(11-13-19)9-6-17-21-3/h15-17H,4-14H2,1-3H3. The van der Waals surface area contributed by atoms with Crippen LogP contribution in [0.3, 0.4) is 0 Å². The monoisotopic (exact) mass is 314 g/mol. The van der Waals surface area contributed by atoms with E-state index in [1.807, 2.05) is 0 Å². The highest BCUT2D eigenvalue weighted by molar-refractivity contribution is 7.96. The van der Waals surface area contributed by atoms with Crippen molar-refractivity contribution in [3.8, 4) is 0 Å². The van der Waals surface area contributed by atoms with E-state index >= 15 is 0 Å². The largest absolute Gasteiger partial charge is 0.301 e. The quantitative estimate of drug-likeness (QED) is 0.567. The first-order chi connectivity index (χ1) is 10.2. The third-order valence-electron chi connectivity index (χ3n) is 5.04. The lowest BCUT2D eigenvalue weighted by atomic mass is 9.95. The van der Waals surface area contributed by atoms with Crippen LogP contribution in [0.15, 0.2) is 0 Å². The molecule has 0 aromatic carbocycles. The van der Waals surface area contributed by atoms with Crippen molar-refractivity contribution in [3.05, 3.63) is 0 Å². The van der Waals surface area contributed by atoms with Gasteiger partial charge in [0, 0.05) is 51.9 Å². The van der Waals surface area contributed by atoms with Gasteiger partial charge in [0.1, 0.15) is 0 Å². The molecule has 0 aromatic rings. The number of piperazine rings is 1. The zero-order valence-corrected chi connectivity index (χ0v) is 15.0. The molecule has 2 aliphatic heterocycles. The molecule has 2 rings (SSSR count). The maximum atomic E-state index is 3.34. The van der Waals surface area contributed by atoms with Gasteiger partial charge in [-0.2, -0.15) is 0 Å². The van der Waals surface area contributed by atoms with E-state index in [4.69, 9.17) is 0 Å². The first-order valence-corrected chi connectivity index (χ1v) is 9.86. The second-order valence-electron chi connectivity index (χ2n) is 6.81. The zero-order valence-electron chi connectivity index (χ0n) is 14.2. The van der Waals surface area contributed by atoms with Crippen LogP contribution in [0.1, 0.15) is 26.7 Å². The van der Waals surface area contributed by atoms with E-state index < -0.39 is 0 Å². The van der Waals surface area contributed by atoms with Crippen molar-refractivity contribution in [2.24, 2.45) is 5.92 Å². The summed E-state index contributed by atoms with van der Waals surface area (Å²) in [5.41, 5.74) is 0. The lowest BCUT2D eigenvalue weighted by Crippen LogP contribution is -2.50. The Bertz CT molecular complexity index is 271. The maximum Gasteiger partial charge on any atom is 0.0186 e. The summed E-state index contributed by atoms with van der Waals surface area (Å²) in [6.07, 6.45) is 4.90. The maximum absolute atomic E-state index is 3.34. The van der Waals surface area contributed by atoms with Crippen LogP contribution >= 0.6 is 11.9 Å². The van der Waals surface area contributed by atoms with Crippen molar-refractivity contribution in [1.29, 1.82) is 0 Å². The van der Waals surface area contributed by atoms with Crippen LogP contribution in [0.25, 0.3) is 0 Å². The molecule has 0 aromatic heterocycles. The lowest BCUT2D eigenvalue weighted by Gasteiger charge is -2.39. The molecule has 2 fully saturated rings. The molecule has 1 N–H and O–H groups in total. The van der Waals surface area contributed by atoms with E-state index in [1.54, 1.807) is 11.9 Å². The van der Waals surface area contributed by atoms with Crippen molar-refractivity contribution in [1.82, 2.24) is 19.4 Å². The molecule has 0 unspecified atom stereocenters. The van der Waals surface area contributed by atoms with Gasteiger partial charge in [-0.25, -0.2) is 0 Å². The summed E-state index contributed by atoms with van der Waals surface area (Å²) in [5.74, 6) is 0.935. The van der Waals surface area contributed by atoms with Crippen LogP contribution in [0.5, 0.6) is 0 Å². The van der Waals surface area contributed by atoms with Gasteiger partial charge in [0.05, 0.1) is 0 Å². The van der Waals surface area contributed by atoms with E-state index in [-0.39, 0.29) is 0 Å². The Morgan fingerprint density at radius 3 is 2.19 bits per heavy atom. The van der Waals surface area contributed by atoms with Gasteiger partial charge < -0.3 is 9.80 Å². The van der Waals surface area contributed by atoms with Crippen molar-refractivity contribution in [2.75, 3.05) is 65.2 Å². The zero-order chi connectivity index (χ0) is 15.1. The second kappa shape index (κ2) is 9.36. The molecule has 4 nitrogen and oxygen atoms in total. The van der Waals surface area contributed by atoms with Gasteiger partial charge in [0.25, 0.3) is 0 Å². The second-order valence-corrected chi connectivity index (χ2v) is 7.51.